The summed E-state index contributed by atoms with van der Waals surface area (Å²) in [5, 5.41) is 9.26. The van der Waals surface area contributed by atoms with E-state index in [0.29, 0.717) is 37.8 Å². The number of rotatable bonds is 9. The monoisotopic (exact) mass is 505 g/mol. The molecular formula is C26H33F6NO2. The molecule has 1 fully saturated rings. The highest BCUT2D eigenvalue weighted by atomic mass is 19.4. The van der Waals surface area contributed by atoms with Gasteiger partial charge in [0.05, 0.1) is 5.56 Å². The average molecular weight is 506 g/mol. The van der Waals surface area contributed by atoms with Gasteiger partial charge in [-0.3, -0.25) is 9.69 Å². The lowest BCUT2D eigenvalue weighted by Crippen LogP contribution is -2.44. The Kier molecular flexibility index (Phi) is 9.29. The third kappa shape index (κ3) is 8.54. The van der Waals surface area contributed by atoms with Crippen molar-refractivity contribution < 1.29 is 36.2 Å². The molecule has 0 saturated carbocycles. The number of hydrogen-bond donors (Lipinski definition) is 1. The van der Waals surface area contributed by atoms with Gasteiger partial charge in [-0.25, -0.2) is 0 Å². The molecule has 9 heteroatoms. The Hall–Kier alpha value is -2.03. The average Bonchev–Trinajstić information content (AvgIpc) is 2.78. The second-order valence-corrected chi connectivity index (χ2v) is 9.82. The van der Waals surface area contributed by atoms with Gasteiger partial charge in [0, 0.05) is 24.9 Å². The Bertz CT molecular complexity index is 862. The van der Waals surface area contributed by atoms with E-state index >= 15 is 0 Å². The summed E-state index contributed by atoms with van der Waals surface area (Å²) in [6, 6.07) is 3.94. The molecule has 1 aromatic rings. The maximum Gasteiger partial charge on any atom is 0.416 e. The lowest BCUT2D eigenvalue weighted by atomic mass is 9.82. The number of nitrogens with zero attached hydrogens (tertiary/aromatic N) is 1. The molecule has 35 heavy (non-hydrogen) atoms. The fraction of sp³-hybridized carbons (Fsp3) is 0.654. The fourth-order valence-corrected chi connectivity index (χ4v) is 5.44. The summed E-state index contributed by atoms with van der Waals surface area (Å²) in [5.74, 6) is -1.13. The molecule has 1 heterocycles. The molecule has 196 valence electrons. The molecule has 2 aliphatic rings. The van der Waals surface area contributed by atoms with Crippen molar-refractivity contribution in [2.24, 2.45) is 5.92 Å². The van der Waals surface area contributed by atoms with Gasteiger partial charge >= 0.3 is 18.3 Å². The topological polar surface area (TPSA) is 40.5 Å². The van der Waals surface area contributed by atoms with Crippen LogP contribution in [0.25, 0.3) is 0 Å². The largest absolute Gasteiger partial charge is 0.481 e. The van der Waals surface area contributed by atoms with Crippen LogP contribution >= 0.6 is 0 Å². The van der Waals surface area contributed by atoms with Crippen molar-refractivity contribution in [3.8, 4) is 0 Å². The third-order valence-corrected chi connectivity index (χ3v) is 7.25. The number of hydrogen-bond acceptors (Lipinski definition) is 2. The minimum absolute atomic E-state index is 0.0644. The van der Waals surface area contributed by atoms with Gasteiger partial charge in [-0.1, -0.05) is 23.8 Å². The first-order valence-electron chi connectivity index (χ1n) is 12.3. The van der Waals surface area contributed by atoms with Crippen LogP contribution in [0.2, 0.25) is 0 Å². The lowest BCUT2D eigenvalue weighted by molar-refractivity contribution is -0.141. The maximum absolute atomic E-state index is 13.2. The molecule has 3 atom stereocenters. The first-order chi connectivity index (χ1) is 16.4. The molecule has 2 unspecified atom stereocenters. The Balaban J connectivity index is 1.85. The van der Waals surface area contributed by atoms with Gasteiger partial charge < -0.3 is 5.11 Å². The lowest BCUT2D eigenvalue weighted by Gasteiger charge is -2.44. The number of alkyl halides is 6. The Morgan fingerprint density at radius 3 is 2.34 bits per heavy atom. The summed E-state index contributed by atoms with van der Waals surface area (Å²) in [4.78, 5) is 13.3. The zero-order valence-corrected chi connectivity index (χ0v) is 19.7. The number of benzene rings is 1. The van der Waals surface area contributed by atoms with Gasteiger partial charge in [-0.2, -0.15) is 26.3 Å². The van der Waals surface area contributed by atoms with Crippen LogP contribution < -0.4 is 0 Å². The van der Waals surface area contributed by atoms with Crippen molar-refractivity contribution in [1.82, 2.24) is 4.90 Å². The standard InChI is InChI=1S/C26H33F6NO2/c27-25(28,29)14-12-22(11-6-18-4-2-1-3-5-18)33-15-13-19(17-24(34)35)16-23(33)20-7-9-21(10-8-20)26(30,31)32/h4,7-10,19,22-23H,1-3,5-6,11-17H2,(H,34,35)/t19?,22-,23?/m1/s1. The molecule has 0 spiro atoms. The highest BCUT2D eigenvalue weighted by Crippen LogP contribution is 2.41. The number of carboxylic acid groups (broad SMARTS) is 1. The summed E-state index contributed by atoms with van der Waals surface area (Å²) in [7, 11) is 0. The van der Waals surface area contributed by atoms with Crippen LogP contribution in [0.1, 0.15) is 87.8 Å². The second kappa shape index (κ2) is 11.8. The number of allylic oxidation sites excluding steroid dienone is 2. The van der Waals surface area contributed by atoms with Crippen LogP contribution in [0.5, 0.6) is 0 Å². The van der Waals surface area contributed by atoms with Gasteiger partial charge in [0.15, 0.2) is 0 Å². The molecule has 1 N–H and O–H groups in total. The van der Waals surface area contributed by atoms with Crippen molar-refractivity contribution in [1.29, 1.82) is 0 Å². The van der Waals surface area contributed by atoms with E-state index in [-0.39, 0.29) is 18.8 Å². The number of carbonyl (C=O) groups is 1. The van der Waals surface area contributed by atoms with E-state index in [0.717, 1.165) is 37.8 Å². The zero-order valence-electron chi connectivity index (χ0n) is 19.7. The fourth-order valence-electron chi connectivity index (χ4n) is 5.44. The highest BCUT2D eigenvalue weighted by Gasteiger charge is 2.37. The number of aliphatic carboxylic acids is 1. The first kappa shape index (κ1) is 27.6. The first-order valence-corrected chi connectivity index (χ1v) is 12.3. The van der Waals surface area contributed by atoms with Crippen molar-refractivity contribution in [2.45, 2.75) is 95.1 Å². The van der Waals surface area contributed by atoms with E-state index < -0.39 is 42.4 Å². The molecule has 3 rings (SSSR count). The Morgan fingerprint density at radius 2 is 1.77 bits per heavy atom. The van der Waals surface area contributed by atoms with E-state index in [2.05, 4.69) is 6.08 Å². The van der Waals surface area contributed by atoms with Crippen LogP contribution in [-0.2, 0) is 11.0 Å². The molecule has 0 aromatic heterocycles. The zero-order chi connectivity index (χ0) is 25.6. The van der Waals surface area contributed by atoms with Crippen LogP contribution in [0.15, 0.2) is 35.9 Å². The van der Waals surface area contributed by atoms with Crippen LogP contribution in [0.4, 0.5) is 26.3 Å². The molecule has 3 nitrogen and oxygen atoms in total. The number of halogens is 6. The summed E-state index contributed by atoms with van der Waals surface area (Å²) in [6.45, 7) is 0.422. The maximum atomic E-state index is 13.2. The molecule has 1 aliphatic heterocycles. The van der Waals surface area contributed by atoms with E-state index in [9.17, 15) is 36.2 Å². The molecule has 1 saturated heterocycles. The smallest absolute Gasteiger partial charge is 0.416 e. The van der Waals surface area contributed by atoms with Gasteiger partial charge in [0.25, 0.3) is 0 Å². The van der Waals surface area contributed by atoms with Crippen LogP contribution in [0.3, 0.4) is 0 Å². The van der Waals surface area contributed by atoms with Crippen molar-refractivity contribution in [2.75, 3.05) is 6.54 Å². The predicted molar refractivity (Wildman–Crippen MR) is 121 cm³/mol. The van der Waals surface area contributed by atoms with E-state index in [4.69, 9.17) is 0 Å². The Morgan fingerprint density at radius 1 is 1.06 bits per heavy atom. The Labute approximate surface area is 202 Å². The molecule has 1 aliphatic carbocycles. The second-order valence-electron chi connectivity index (χ2n) is 9.82. The summed E-state index contributed by atoms with van der Waals surface area (Å²) >= 11 is 0. The molecule has 0 radical (unpaired) electrons. The minimum Gasteiger partial charge on any atom is -0.481 e. The molecule has 0 bridgehead atoms. The van der Waals surface area contributed by atoms with Crippen molar-refractivity contribution in [3.63, 3.8) is 0 Å². The highest BCUT2D eigenvalue weighted by molar-refractivity contribution is 5.67. The van der Waals surface area contributed by atoms with Gasteiger partial charge in [0.1, 0.15) is 0 Å². The summed E-state index contributed by atoms with van der Waals surface area (Å²) < 4.78 is 78.7. The SMILES string of the molecule is O=C(O)CC1CCN([C@H](CCC2=CCCCC2)CCC(F)(F)F)C(c2ccc(C(F)(F)F)cc2)C1. The summed E-state index contributed by atoms with van der Waals surface area (Å²) in [6.07, 6.45) is -1.37. The van der Waals surface area contributed by atoms with Gasteiger partial charge in [-0.05, 0) is 87.9 Å². The van der Waals surface area contributed by atoms with E-state index in [1.807, 2.05) is 4.90 Å². The molecule has 0 amide bonds. The number of likely N-dealkylation sites (tertiary alicyclic amines) is 1. The number of piperidine rings is 1. The molecular weight excluding hydrogens is 472 g/mol. The quantitative estimate of drug-likeness (QED) is 0.274. The van der Waals surface area contributed by atoms with Crippen molar-refractivity contribution >= 4 is 5.97 Å². The third-order valence-electron chi connectivity index (χ3n) is 7.25. The van der Waals surface area contributed by atoms with E-state index in [1.54, 1.807) is 0 Å². The van der Waals surface area contributed by atoms with Gasteiger partial charge in [0.2, 0.25) is 0 Å². The molecule has 1 aromatic carbocycles. The van der Waals surface area contributed by atoms with Crippen LogP contribution in [0, 0.1) is 5.92 Å². The van der Waals surface area contributed by atoms with Crippen LogP contribution in [-0.4, -0.2) is 34.7 Å². The predicted octanol–water partition coefficient (Wildman–Crippen LogP) is 7.92. The number of carboxylic acids is 1. The summed E-state index contributed by atoms with van der Waals surface area (Å²) in [5.41, 5.74) is 1.06. The van der Waals surface area contributed by atoms with Gasteiger partial charge in [-0.15, -0.1) is 0 Å². The van der Waals surface area contributed by atoms with E-state index in [1.165, 1.54) is 17.7 Å². The van der Waals surface area contributed by atoms with Crippen molar-refractivity contribution in [3.05, 3.63) is 47.0 Å². The minimum atomic E-state index is -4.49. The normalized spacial score (nSPS) is 23.1.